The predicted molar refractivity (Wildman–Crippen MR) is 108 cm³/mol. The summed E-state index contributed by atoms with van der Waals surface area (Å²) in [6.07, 6.45) is 7.23. The van der Waals surface area contributed by atoms with Gasteiger partial charge in [-0.1, -0.05) is 24.6 Å². The summed E-state index contributed by atoms with van der Waals surface area (Å²) in [5.41, 5.74) is 6.86. The summed E-state index contributed by atoms with van der Waals surface area (Å²) >= 11 is 0. The third-order valence-corrected chi connectivity index (χ3v) is 6.52. The molecule has 0 spiro atoms. The molecule has 2 bridgehead atoms. The SMILES string of the molecule is Cl.NC1CC2CCCC(C1)C2NC(=O)C1CCCN1C(=O)c1ccccc1. The van der Waals surface area contributed by atoms with Crippen molar-refractivity contribution < 1.29 is 9.59 Å². The van der Waals surface area contributed by atoms with Crippen LogP contribution < -0.4 is 11.1 Å². The van der Waals surface area contributed by atoms with E-state index < -0.39 is 0 Å². The van der Waals surface area contributed by atoms with Gasteiger partial charge in [0.15, 0.2) is 0 Å². The third-order valence-electron chi connectivity index (χ3n) is 6.52. The molecule has 3 atom stereocenters. The van der Waals surface area contributed by atoms with Crippen molar-refractivity contribution >= 4 is 24.2 Å². The summed E-state index contributed by atoms with van der Waals surface area (Å²) in [6.45, 7) is 0.661. The smallest absolute Gasteiger partial charge is 0.254 e. The van der Waals surface area contributed by atoms with Crippen molar-refractivity contribution in [2.24, 2.45) is 17.6 Å². The van der Waals surface area contributed by atoms with Crippen LogP contribution in [0.25, 0.3) is 0 Å². The number of fused-ring (bicyclic) bond motifs is 2. The van der Waals surface area contributed by atoms with E-state index in [1.165, 1.54) is 6.42 Å². The van der Waals surface area contributed by atoms with E-state index in [1.807, 2.05) is 30.3 Å². The molecule has 6 heteroatoms. The molecular formula is C21H30ClN3O2. The highest BCUT2D eigenvalue weighted by atomic mass is 35.5. The maximum atomic E-state index is 13.0. The summed E-state index contributed by atoms with van der Waals surface area (Å²) in [5.74, 6) is 1.00. The standard InChI is InChI=1S/C21H29N3O2.ClH/c22-17-12-15-8-4-9-16(13-17)19(15)23-20(25)18-10-5-11-24(18)21(26)14-6-2-1-3-7-14;/h1-3,6-7,15-19H,4-5,8-13,22H2,(H,23,25);1H. The lowest BCUT2D eigenvalue weighted by molar-refractivity contribution is -0.127. The molecule has 148 valence electrons. The Labute approximate surface area is 167 Å². The van der Waals surface area contributed by atoms with Crippen LogP contribution in [0.2, 0.25) is 0 Å². The largest absolute Gasteiger partial charge is 0.351 e. The van der Waals surface area contributed by atoms with Gasteiger partial charge in [-0.3, -0.25) is 9.59 Å². The van der Waals surface area contributed by atoms with Gasteiger partial charge in [0, 0.05) is 24.2 Å². The second-order valence-corrected chi connectivity index (χ2v) is 8.24. The van der Waals surface area contributed by atoms with Gasteiger partial charge in [-0.25, -0.2) is 0 Å². The Balaban J connectivity index is 0.00000210. The number of rotatable bonds is 3. The van der Waals surface area contributed by atoms with E-state index in [2.05, 4.69) is 5.32 Å². The van der Waals surface area contributed by atoms with Gasteiger partial charge in [0.1, 0.15) is 6.04 Å². The van der Waals surface area contributed by atoms with Gasteiger partial charge < -0.3 is 16.0 Å². The fourth-order valence-electron chi connectivity index (χ4n) is 5.31. The maximum absolute atomic E-state index is 13.0. The van der Waals surface area contributed by atoms with Crippen molar-refractivity contribution in [1.29, 1.82) is 0 Å². The zero-order valence-electron chi connectivity index (χ0n) is 15.7. The van der Waals surface area contributed by atoms with Gasteiger partial charge in [0.25, 0.3) is 5.91 Å². The molecule has 5 nitrogen and oxygen atoms in total. The minimum Gasteiger partial charge on any atom is -0.351 e. The van der Waals surface area contributed by atoms with E-state index in [9.17, 15) is 9.59 Å². The maximum Gasteiger partial charge on any atom is 0.254 e. The molecule has 1 aromatic rings. The summed E-state index contributed by atoms with van der Waals surface area (Å²) in [6, 6.07) is 9.46. The number of likely N-dealkylation sites (tertiary alicyclic amines) is 1. The average molecular weight is 392 g/mol. The summed E-state index contributed by atoms with van der Waals surface area (Å²) in [5, 5.41) is 3.33. The number of nitrogens with zero attached hydrogens (tertiary/aromatic N) is 1. The summed E-state index contributed by atoms with van der Waals surface area (Å²) in [7, 11) is 0. The molecule has 0 aromatic heterocycles. The summed E-state index contributed by atoms with van der Waals surface area (Å²) in [4.78, 5) is 27.6. The number of amides is 2. The molecule has 3 aliphatic rings. The van der Waals surface area contributed by atoms with E-state index in [4.69, 9.17) is 5.73 Å². The molecule has 4 rings (SSSR count). The minimum absolute atomic E-state index is 0. The minimum atomic E-state index is -0.334. The van der Waals surface area contributed by atoms with E-state index >= 15 is 0 Å². The van der Waals surface area contributed by atoms with Crippen molar-refractivity contribution in [2.45, 2.75) is 63.1 Å². The fourth-order valence-corrected chi connectivity index (χ4v) is 5.31. The number of benzene rings is 1. The van der Waals surface area contributed by atoms with Crippen LogP contribution in [0.1, 0.15) is 55.3 Å². The van der Waals surface area contributed by atoms with Gasteiger partial charge >= 0.3 is 0 Å². The van der Waals surface area contributed by atoms with Crippen LogP contribution in [0.3, 0.4) is 0 Å². The van der Waals surface area contributed by atoms with Crippen molar-refractivity contribution in [1.82, 2.24) is 10.2 Å². The number of halogens is 1. The Bertz CT molecular complexity index is 655. The molecule has 2 amide bonds. The number of nitrogens with two attached hydrogens (primary N) is 1. The fraction of sp³-hybridized carbons (Fsp3) is 0.619. The molecule has 3 N–H and O–H groups in total. The van der Waals surface area contributed by atoms with Crippen LogP contribution >= 0.6 is 12.4 Å². The molecule has 2 aliphatic carbocycles. The molecule has 1 aliphatic heterocycles. The van der Waals surface area contributed by atoms with Crippen molar-refractivity contribution in [3.05, 3.63) is 35.9 Å². The number of nitrogens with one attached hydrogen (secondary N) is 1. The van der Waals surface area contributed by atoms with Gasteiger partial charge in [-0.15, -0.1) is 12.4 Å². The molecule has 2 saturated carbocycles. The number of carbonyl (C=O) groups is 2. The zero-order chi connectivity index (χ0) is 18.1. The van der Waals surface area contributed by atoms with Crippen LogP contribution in [0.4, 0.5) is 0 Å². The second-order valence-electron chi connectivity index (χ2n) is 8.24. The first-order chi connectivity index (χ1) is 12.6. The number of hydrogen-bond acceptors (Lipinski definition) is 3. The number of hydrogen-bond donors (Lipinski definition) is 2. The Morgan fingerprint density at radius 3 is 2.33 bits per heavy atom. The average Bonchev–Trinajstić information content (AvgIpc) is 3.12. The van der Waals surface area contributed by atoms with E-state index in [0.29, 0.717) is 23.9 Å². The van der Waals surface area contributed by atoms with Crippen LogP contribution in [0.15, 0.2) is 30.3 Å². The molecule has 1 heterocycles. The lowest BCUT2D eigenvalue weighted by Crippen LogP contribution is -2.57. The first kappa shape index (κ1) is 20.2. The molecule has 1 saturated heterocycles. The monoisotopic (exact) mass is 391 g/mol. The predicted octanol–water partition coefficient (Wildman–Crippen LogP) is 2.74. The zero-order valence-corrected chi connectivity index (χ0v) is 16.5. The first-order valence-electron chi connectivity index (χ1n) is 10.1. The molecule has 3 unspecified atom stereocenters. The van der Waals surface area contributed by atoms with Crippen LogP contribution in [0.5, 0.6) is 0 Å². The van der Waals surface area contributed by atoms with Crippen molar-refractivity contribution in [2.75, 3.05) is 6.54 Å². The van der Waals surface area contributed by atoms with E-state index in [1.54, 1.807) is 4.90 Å². The normalized spacial score (nSPS) is 32.5. The highest BCUT2D eigenvalue weighted by molar-refractivity contribution is 5.98. The first-order valence-corrected chi connectivity index (χ1v) is 10.1. The van der Waals surface area contributed by atoms with E-state index in [-0.39, 0.29) is 42.3 Å². The van der Waals surface area contributed by atoms with Gasteiger partial charge in [-0.05, 0) is 62.5 Å². The molecule has 27 heavy (non-hydrogen) atoms. The third kappa shape index (κ3) is 4.14. The number of carbonyl (C=O) groups excluding carboxylic acids is 2. The Morgan fingerprint density at radius 1 is 1.00 bits per heavy atom. The van der Waals surface area contributed by atoms with Gasteiger partial charge in [0.2, 0.25) is 5.91 Å². The quantitative estimate of drug-likeness (QED) is 0.831. The highest BCUT2D eigenvalue weighted by Crippen LogP contribution is 2.39. The lowest BCUT2D eigenvalue weighted by atomic mass is 9.67. The van der Waals surface area contributed by atoms with Gasteiger partial charge in [0.05, 0.1) is 0 Å². The lowest BCUT2D eigenvalue weighted by Gasteiger charge is -2.45. The molecular weight excluding hydrogens is 362 g/mol. The summed E-state index contributed by atoms with van der Waals surface area (Å²) < 4.78 is 0. The van der Waals surface area contributed by atoms with Crippen molar-refractivity contribution in [3.63, 3.8) is 0 Å². The van der Waals surface area contributed by atoms with Crippen LogP contribution in [0, 0.1) is 11.8 Å². The Kier molecular flexibility index (Phi) is 6.43. The Hall–Kier alpha value is -1.59. The topological polar surface area (TPSA) is 75.4 Å². The molecule has 1 aromatic carbocycles. The second kappa shape index (κ2) is 8.61. The molecule has 0 radical (unpaired) electrons. The van der Waals surface area contributed by atoms with Crippen LogP contribution in [-0.4, -0.2) is 41.4 Å². The van der Waals surface area contributed by atoms with E-state index in [0.717, 1.165) is 38.5 Å². The molecule has 3 fully saturated rings. The highest BCUT2D eigenvalue weighted by Gasteiger charge is 2.42. The Morgan fingerprint density at radius 2 is 1.67 bits per heavy atom. The van der Waals surface area contributed by atoms with Crippen molar-refractivity contribution in [3.8, 4) is 0 Å². The van der Waals surface area contributed by atoms with Gasteiger partial charge in [-0.2, -0.15) is 0 Å². The van der Waals surface area contributed by atoms with Crippen LogP contribution in [-0.2, 0) is 4.79 Å².